The molecule has 1 amide bonds. The molecule has 29 heavy (non-hydrogen) atoms. The minimum absolute atomic E-state index is 0. The van der Waals surface area contributed by atoms with Crippen molar-refractivity contribution in [3.05, 3.63) is 54.0 Å². The molecule has 6 nitrogen and oxygen atoms in total. The van der Waals surface area contributed by atoms with Crippen molar-refractivity contribution in [2.24, 2.45) is 5.92 Å². The summed E-state index contributed by atoms with van der Waals surface area (Å²) < 4.78 is 0. The van der Waals surface area contributed by atoms with Crippen molar-refractivity contribution in [1.29, 1.82) is 0 Å². The highest BCUT2D eigenvalue weighted by Gasteiger charge is 2.29. The maximum absolute atomic E-state index is 13.1. The predicted octanol–water partition coefficient (Wildman–Crippen LogP) is 3.34. The van der Waals surface area contributed by atoms with Crippen molar-refractivity contribution in [2.75, 3.05) is 37.6 Å². The first-order valence-corrected chi connectivity index (χ1v) is 9.85. The van der Waals surface area contributed by atoms with Crippen molar-refractivity contribution < 1.29 is 4.79 Å². The molecule has 0 aromatic carbocycles. The molecule has 4 heterocycles. The maximum atomic E-state index is 13.1. The van der Waals surface area contributed by atoms with Gasteiger partial charge in [0.05, 0.1) is 11.6 Å². The Hall–Kier alpha value is -1.89. The molecule has 1 N–H and O–H groups in total. The zero-order chi connectivity index (χ0) is 18.6. The van der Waals surface area contributed by atoms with Crippen molar-refractivity contribution in [3.8, 4) is 0 Å². The van der Waals surface area contributed by atoms with Crippen LogP contribution < -0.4 is 10.2 Å². The van der Waals surface area contributed by atoms with Gasteiger partial charge in [0.1, 0.15) is 5.82 Å². The third-order valence-corrected chi connectivity index (χ3v) is 5.68. The quantitative estimate of drug-likeness (QED) is 0.797. The van der Waals surface area contributed by atoms with E-state index in [1.165, 1.54) is 12.8 Å². The van der Waals surface area contributed by atoms with E-state index in [-0.39, 0.29) is 36.8 Å². The van der Waals surface area contributed by atoms with Gasteiger partial charge in [-0.2, -0.15) is 0 Å². The number of piperazine rings is 1. The molecule has 1 atom stereocenters. The fraction of sp³-hybridized carbons (Fsp3) is 0.476. The average molecular weight is 438 g/mol. The molecule has 0 saturated carbocycles. The van der Waals surface area contributed by atoms with Gasteiger partial charge in [-0.25, -0.2) is 4.98 Å². The van der Waals surface area contributed by atoms with E-state index < -0.39 is 0 Å². The zero-order valence-corrected chi connectivity index (χ0v) is 18.3. The Kier molecular flexibility index (Phi) is 8.68. The van der Waals surface area contributed by atoms with Gasteiger partial charge in [0, 0.05) is 51.3 Å². The van der Waals surface area contributed by atoms with E-state index in [1.54, 1.807) is 12.4 Å². The molecule has 2 aliphatic heterocycles. The molecular formula is C21H29Cl2N5O. The number of pyridine rings is 2. The Morgan fingerprint density at radius 3 is 2.55 bits per heavy atom. The van der Waals surface area contributed by atoms with Gasteiger partial charge in [-0.15, -0.1) is 24.8 Å². The second-order valence-electron chi connectivity index (χ2n) is 7.58. The van der Waals surface area contributed by atoms with Crippen molar-refractivity contribution in [3.63, 3.8) is 0 Å². The molecule has 0 aliphatic carbocycles. The third-order valence-electron chi connectivity index (χ3n) is 5.68. The summed E-state index contributed by atoms with van der Waals surface area (Å²) in [4.78, 5) is 26.2. The predicted molar refractivity (Wildman–Crippen MR) is 120 cm³/mol. The largest absolute Gasteiger partial charge is 0.357 e. The highest BCUT2D eigenvalue weighted by molar-refractivity contribution is 5.94. The number of carbonyl (C=O) groups excluding carboxylic acids is 1. The van der Waals surface area contributed by atoms with E-state index in [1.807, 2.05) is 35.4 Å². The number of hydrogen-bond donors (Lipinski definition) is 1. The Morgan fingerprint density at radius 2 is 1.90 bits per heavy atom. The number of nitrogens with one attached hydrogen (secondary N) is 1. The first-order chi connectivity index (χ1) is 13.2. The lowest BCUT2D eigenvalue weighted by Gasteiger charge is -2.36. The van der Waals surface area contributed by atoms with Gasteiger partial charge in [0.2, 0.25) is 0 Å². The monoisotopic (exact) mass is 437 g/mol. The first-order valence-electron chi connectivity index (χ1n) is 9.85. The summed E-state index contributed by atoms with van der Waals surface area (Å²) in [6, 6.07) is 7.87. The maximum Gasteiger partial charge on any atom is 0.256 e. The van der Waals surface area contributed by atoms with Gasteiger partial charge in [0.25, 0.3) is 5.91 Å². The highest BCUT2D eigenvalue weighted by Crippen LogP contribution is 2.25. The molecule has 1 unspecified atom stereocenters. The van der Waals surface area contributed by atoms with E-state index in [0.717, 1.165) is 43.5 Å². The number of carbonyl (C=O) groups is 1. The molecule has 2 fully saturated rings. The number of hydrogen-bond acceptors (Lipinski definition) is 5. The fourth-order valence-electron chi connectivity index (χ4n) is 3.92. The van der Waals surface area contributed by atoms with Crippen LogP contribution in [0.1, 0.15) is 41.7 Å². The molecule has 2 aromatic rings. The summed E-state index contributed by atoms with van der Waals surface area (Å²) in [5, 5.41) is 3.38. The minimum atomic E-state index is 0. The minimum Gasteiger partial charge on any atom is -0.357 e. The normalized spacial score (nSPS) is 19.8. The van der Waals surface area contributed by atoms with Crippen LogP contribution in [0.15, 0.2) is 42.9 Å². The van der Waals surface area contributed by atoms with E-state index in [9.17, 15) is 4.79 Å². The van der Waals surface area contributed by atoms with Crippen LogP contribution in [-0.4, -0.2) is 53.5 Å². The van der Waals surface area contributed by atoms with E-state index in [4.69, 9.17) is 0 Å². The number of rotatable bonds is 3. The SMILES string of the molecule is CC1CCN(c2ccc(C(=O)N3CCNCC3c3cccnc3)cn2)CC1.Cl.Cl. The van der Waals surface area contributed by atoms with Gasteiger partial charge in [-0.05, 0) is 42.5 Å². The lowest BCUT2D eigenvalue weighted by atomic mass is 9.99. The first kappa shape index (κ1) is 23.4. The summed E-state index contributed by atoms with van der Waals surface area (Å²) in [5.41, 5.74) is 1.71. The summed E-state index contributed by atoms with van der Waals surface area (Å²) >= 11 is 0. The lowest BCUT2D eigenvalue weighted by molar-refractivity contribution is 0.0633. The van der Waals surface area contributed by atoms with Gasteiger partial charge < -0.3 is 15.1 Å². The summed E-state index contributed by atoms with van der Waals surface area (Å²) in [5.74, 6) is 1.80. The molecule has 0 spiro atoms. The van der Waals surface area contributed by atoms with Crippen LogP contribution in [0.25, 0.3) is 0 Å². The van der Waals surface area contributed by atoms with Crippen molar-refractivity contribution in [1.82, 2.24) is 20.2 Å². The van der Waals surface area contributed by atoms with Gasteiger partial charge in [-0.1, -0.05) is 13.0 Å². The summed E-state index contributed by atoms with van der Waals surface area (Å²) in [6.45, 7) is 6.63. The fourth-order valence-corrected chi connectivity index (χ4v) is 3.92. The van der Waals surface area contributed by atoms with Crippen LogP contribution in [-0.2, 0) is 0 Å². The highest BCUT2D eigenvalue weighted by atomic mass is 35.5. The molecular weight excluding hydrogens is 409 g/mol. The van der Waals surface area contributed by atoms with Gasteiger partial charge in [-0.3, -0.25) is 9.78 Å². The van der Waals surface area contributed by atoms with E-state index in [0.29, 0.717) is 12.1 Å². The molecule has 158 valence electrons. The van der Waals surface area contributed by atoms with Crippen molar-refractivity contribution in [2.45, 2.75) is 25.8 Å². The zero-order valence-electron chi connectivity index (χ0n) is 16.7. The summed E-state index contributed by atoms with van der Waals surface area (Å²) in [7, 11) is 0. The van der Waals surface area contributed by atoms with Crippen LogP contribution in [0.4, 0.5) is 5.82 Å². The molecule has 8 heteroatoms. The number of halogens is 2. The lowest BCUT2D eigenvalue weighted by Crippen LogP contribution is -2.48. The van der Waals surface area contributed by atoms with Gasteiger partial charge in [0.15, 0.2) is 0 Å². The number of amides is 1. The third kappa shape index (κ3) is 5.38. The van der Waals surface area contributed by atoms with E-state index in [2.05, 4.69) is 27.1 Å². The van der Waals surface area contributed by atoms with Crippen LogP contribution in [0, 0.1) is 5.92 Å². The molecule has 0 bridgehead atoms. The number of piperidine rings is 1. The molecule has 2 aliphatic rings. The van der Waals surface area contributed by atoms with Gasteiger partial charge >= 0.3 is 0 Å². The van der Waals surface area contributed by atoms with Crippen LogP contribution in [0.5, 0.6) is 0 Å². The molecule has 2 aromatic heterocycles. The number of anilines is 1. The topological polar surface area (TPSA) is 61.4 Å². The number of aromatic nitrogens is 2. The second kappa shape index (κ2) is 10.8. The Labute approximate surface area is 184 Å². The molecule has 0 radical (unpaired) electrons. The molecule has 4 rings (SSSR count). The summed E-state index contributed by atoms with van der Waals surface area (Å²) in [6.07, 6.45) is 7.75. The van der Waals surface area contributed by atoms with E-state index >= 15 is 0 Å². The number of nitrogens with zero attached hydrogens (tertiary/aromatic N) is 4. The smallest absolute Gasteiger partial charge is 0.256 e. The standard InChI is InChI=1S/C21H27N5O.2ClH/c1-16-6-10-25(11-7-16)20-5-4-18(14-24-20)21(27)26-12-9-23-15-19(26)17-3-2-8-22-13-17;;/h2-5,8,13-14,16,19,23H,6-7,9-12,15H2,1H3;2*1H. The Bertz CT molecular complexity index is 766. The Morgan fingerprint density at radius 1 is 1.10 bits per heavy atom. The molecule has 2 saturated heterocycles. The van der Waals surface area contributed by atoms with Crippen molar-refractivity contribution >= 4 is 36.5 Å². The van der Waals surface area contributed by atoms with Crippen LogP contribution in [0.2, 0.25) is 0 Å². The van der Waals surface area contributed by atoms with Crippen LogP contribution >= 0.6 is 24.8 Å². The second-order valence-corrected chi connectivity index (χ2v) is 7.58. The van der Waals surface area contributed by atoms with Crippen LogP contribution in [0.3, 0.4) is 0 Å². The average Bonchev–Trinajstić information content (AvgIpc) is 2.74. The Balaban J connectivity index is 0.00000150.